The maximum Gasteiger partial charge on any atom is 0.363 e. The van der Waals surface area contributed by atoms with Gasteiger partial charge in [0.15, 0.2) is 0 Å². The van der Waals surface area contributed by atoms with Crippen molar-refractivity contribution in [3.05, 3.63) is 46.5 Å². The highest BCUT2D eigenvalue weighted by atomic mass is 31.2. The van der Waals surface area contributed by atoms with Crippen molar-refractivity contribution >= 4 is 12.9 Å². The Bertz CT molecular complexity index is 489. The Morgan fingerprint density at radius 1 is 1.16 bits per heavy atom. The van der Waals surface area contributed by atoms with Gasteiger partial charge in [-0.05, 0) is 31.5 Å². The highest BCUT2D eigenvalue weighted by Gasteiger charge is 2.33. The fraction of sp³-hybridized carbons (Fsp3) is 0.385. The second-order valence-corrected chi connectivity index (χ2v) is 5.68. The maximum atomic E-state index is 12.8. The molecular formula is C13H18NO4P. The summed E-state index contributed by atoms with van der Waals surface area (Å²) in [6.07, 6.45) is 0. The quantitative estimate of drug-likeness (QED) is 0.549. The Hall–Kier alpha value is -1.29. The van der Waals surface area contributed by atoms with E-state index in [9.17, 15) is 9.47 Å². The fourth-order valence-electron chi connectivity index (χ4n) is 1.71. The molecule has 0 saturated heterocycles. The summed E-state index contributed by atoms with van der Waals surface area (Å²) in [5.74, 6) is 0. The summed E-state index contributed by atoms with van der Waals surface area (Å²) < 4.78 is 23.4. The van der Waals surface area contributed by atoms with Gasteiger partial charge in [0.1, 0.15) is 0 Å². The minimum atomic E-state index is -3.54. The number of nitroso groups, excluding NO2 is 1. The van der Waals surface area contributed by atoms with Crippen LogP contribution in [-0.4, -0.2) is 13.2 Å². The summed E-state index contributed by atoms with van der Waals surface area (Å²) in [6.45, 7) is 5.38. The molecule has 0 aromatic heterocycles. The van der Waals surface area contributed by atoms with Crippen molar-refractivity contribution in [2.24, 2.45) is 5.18 Å². The number of nitrogens with zero attached hydrogens (tertiary/aromatic N) is 1. The Morgan fingerprint density at radius 3 is 2.11 bits per heavy atom. The molecule has 104 valence electrons. The molecule has 0 heterocycles. The van der Waals surface area contributed by atoms with E-state index in [-0.39, 0.29) is 24.2 Å². The van der Waals surface area contributed by atoms with E-state index in [0.717, 1.165) is 0 Å². The van der Waals surface area contributed by atoms with Crippen LogP contribution in [-0.2, 0) is 13.6 Å². The Balaban J connectivity index is 3.40. The average molecular weight is 283 g/mol. The van der Waals surface area contributed by atoms with Crippen LogP contribution in [0.25, 0.3) is 5.31 Å². The van der Waals surface area contributed by atoms with Crippen LogP contribution >= 0.6 is 7.60 Å². The molecule has 1 aromatic carbocycles. The van der Waals surface area contributed by atoms with E-state index >= 15 is 0 Å². The molecule has 0 unspecified atom stereocenters. The summed E-state index contributed by atoms with van der Waals surface area (Å²) >= 11 is 0. The molecule has 0 aliphatic rings. The summed E-state index contributed by atoms with van der Waals surface area (Å²) in [5, 5.41) is 3.12. The van der Waals surface area contributed by atoms with Gasteiger partial charge in [-0.25, -0.2) is 0 Å². The molecule has 0 amide bonds. The number of benzene rings is 1. The van der Waals surface area contributed by atoms with Crippen molar-refractivity contribution in [1.29, 1.82) is 0 Å². The molecule has 0 N–H and O–H groups in total. The zero-order valence-corrected chi connectivity index (χ0v) is 12.2. The highest BCUT2D eigenvalue weighted by molar-refractivity contribution is 7.65. The van der Waals surface area contributed by atoms with E-state index in [1.165, 1.54) is 6.92 Å². The molecule has 1 rings (SSSR count). The molecule has 0 bridgehead atoms. The molecule has 6 heteroatoms. The molecule has 0 saturated carbocycles. The van der Waals surface area contributed by atoms with Gasteiger partial charge in [0.2, 0.25) is 0 Å². The van der Waals surface area contributed by atoms with Crippen molar-refractivity contribution in [3.63, 3.8) is 0 Å². The zero-order valence-electron chi connectivity index (χ0n) is 11.3. The van der Waals surface area contributed by atoms with Crippen molar-refractivity contribution in [3.8, 4) is 0 Å². The van der Waals surface area contributed by atoms with Crippen LogP contribution in [0.2, 0.25) is 0 Å². The molecule has 0 aliphatic carbocycles. The Labute approximate surface area is 113 Å². The molecule has 1 aromatic rings. The second-order valence-electron chi connectivity index (χ2n) is 3.72. The molecule has 5 nitrogen and oxygen atoms in total. The first-order chi connectivity index (χ1) is 9.09. The smallest absolute Gasteiger partial charge is 0.305 e. The fourth-order valence-corrected chi connectivity index (χ4v) is 3.63. The zero-order chi connectivity index (χ0) is 14.3. The van der Waals surface area contributed by atoms with Gasteiger partial charge in [-0.1, -0.05) is 30.3 Å². The molecule has 0 fully saturated rings. The summed E-state index contributed by atoms with van der Waals surface area (Å²) in [4.78, 5) is 10.8. The van der Waals surface area contributed by atoms with E-state index in [2.05, 4.69) is 5.18 Å². The van der Waals surface area contributed by atoms with Crippen LogP contribution in [0.3, 0.4) is 0 Å². The topological polar surface area (TPSA) is 65.0 Å². The predicted molar refractivity (Wildman–Crippen MR) is 75.7 cm³/mol. The van der Waals surface area contributed by atoms with Gasteiger partial charge in [-0.15, -0.1) is 4.91 Å². The third kappa shape index (κ3) is 3.83. The van der Waals surface area contributed by atoms with Gasteiger partial charge in [0.25, 0.3) is 0 Å². The van der Waals surface area contributed by atoms with E-state index in [1.54, 1.807) is 38.1 Å². The summed E-state index contributed by atoms with van der Waals surface area (Å²) in [5.41, 5.74) is 0.723. The lowest BCUT2D eigenvalue weighted by atomic mass is 10.2. The highest BCUT2D eigenvalue weighted by Crippen LogP contribution is 2.61. The van der Waals surface area contributed by atoms with Crippen LogP contribution < -0.4 is 0 Å². The van der Waals surface area contributed by atoms with Gasteiger partial charge in [0, 0.05) is 0 Å². The standard InChI is InChI=1S/C13H18NO4P/c1-4-17-19(16,18-5-2)13(11(3)14-15)12-9-7-6-8-10-12/h6-10H,4-5H2,1-3H3/b13-11-. The minimum Gasteiger partial charge on any atom is -0.305 e. The van der Waals surface area contributed by atoms with E-state index < -0.39 is 7.60 Å². The molecule has 0 aliphatic heterocycles. The van der Waals surface area contributed by atoms with Crippen molar-refractivity contribution in [2.45, 2.75) is 20.8 Å². The number of rotatable bonds is 7. The predicted octanol–water partition coefficient (Wildman–Crippen LogP) is 4.41. The van der Waals surface area contributed by atoms with Crippen LogP contribution in [0.1, 0.15) is 26.3 Å². The monoisotopic (exact) mass is 283 g/mol. The number of allylic oxidation sites excluding steroid dienone is 1. The third-order valence-electron chi connectivity index (χ3n) is 2.40. The first kappa shape index (κ1) is 15.8. The van der Waals surface area contributed by atoms with Gasteiger partial charge >= 0.3 is 7.60 Å². The van der Waals surface area contributed by atoms with E-state index in [0.29, 0.717) is 5.56 Å². The van der Waals surface area contributed by atoms with Crippen molar-refractivity contribution in [2.75, 3.05) is 13.2 Å². The molecule has 0 spiro atoms. The lowest BCUT2D eigenvalue weighted by molar-refractivity contribution is 0.230. The minimum absolute atomic E-state index is 0.108. The van der Waals surface area contributed by atoms with Gasteiger partial charge in [-0.3, -0.25) is 4.57 Å². The van der Waals surface area contributed by atoms with E-state index in [1.807, 2.05) is 6.07 Å². The first-order valence-electron chi connectivity index (χ1n) is 6.08. The number of hydrogen-bond acceptors (Lipinski definition) is 5. The summed E-state index contributed by atoms with van der Waals surface area (Å²) in [6, 6.07) is 8.89. The Morgan fingerprint density at radius 2 is 1.68 bits per heavy atom. The van der Waals surface area contributed by atoms with Crippen LogP contribution in [0.5, 0.6) is 0 Å². The third-order valence-corrected chi connectivity index (χ3v) is 4.72. The van der Waals surface area contributed by atoms with Crippen LogP contribution in [0, 0.1) is 4.91 Å². The van der Waals surface area contributed by atoms with Gasteiger partial charge in [0.05, 0.1) is 24.2 Å². The Kier molecular flexibility index (Phi) is 6.09. The van der Waals surface area contributed by atoms with Gasteiger partial charge in [-0.2, -0.15) is 0 Å². The molecule has 0 atom stereocenters. The molecular weight excluding hydrogens is 265 g/mol. The van der Waals surface area contributed by atoms with E-state index in [4.69, 9.17) is 9.05 Å². The maximum absolute atomic E-state index is 12.8. The molecule has 0 radical (unpaired) electrons. The first-order valence-corrected chi connectivity index (χ1v) is 7.62. The largest absolute Gasteiger partial charge is 0.363 e. The van der Waals surface area contributed by atoms with Crippen LogP contribution in [0.4, 0.5) is 0 Å². The SMILES string of the molecule is CCOP(=O)(OCC)/C(=C(/C)N=O)c1ccccc1. The van der Waals surface area contributed by atoms with Crippen molar-refractivity contribution in [1.82, 2.24) is 0 Å². The van der Waals surface area contributed by atoms with Crippen molar-refractivity contribution < 1.29 is 13.6 Å². The number of hydrogen-bond donors (Lipinski definition) is 0. The lowest BCUT2D eigenvalue weighted by Crippen LogP contribution is -2.00. The van der Waals surface area contributed by atoms with Gasteiger partial charge < -0.3 is 9.05 Å². The second kappa shape index (κ2) is 7.34. The average Bonchev–Trinajstić information content (AvgIpc) is 2.40. The lowest BCUT2D eigenvalue weighted by Gasteiger charge is -2.20. The summed E-state index contributed by atoms with van der Waals surface area (Å²) in [7, 11) is -3.54. The normalized spacial score (nSPS) is 13.0. The molecule has 19 heavy (non-hydrogen) atoms. The van der Waals surface area contributed by atoms with Crippen LogP contribution in [0.15, 0.2) is 41.2 Å².